The molecule has 0 atom stereocenters. The Morgan fingerprint density at radius 3 is 2.72 bits per heavy atom. The van der Waals surface area contributed by atoms with Crippen molar-refractivity contribution in [2.45, 2.75) is 12.8 Å². The summed E-state index contributed by atoms with van der Waals surface area (Å²) in [5, 5.41) is 11.9. The average Bonchev–Trinajstić information content (AvgIpc) is 2.43. The molecule has 1 amide bonds. The number of hydrogen-bond donors (Lipinski definition) is 1. The number of ether oxygens (including phenoxy) is 3. The molecule has 1 N–H and O–H groups in total. The van der Waals surface area contributed by atoms with Crippen LogP contribution in [0, 0.1) is 16.7 Å². The summed E-state index contributed by atoms with van der Waals surface area (Å²) in [6.07, 6.45) is 0.916. The van der Waals surface area contributed by atoms with Crippen molar-refractivity contribution in [2.24, 2.45) is 5.41 Å². The Hall–Kier alpha value is -1.16. The average molecular weight is 256 g/mol. The van der Waals surface area contributed by atoms with Gasteiger partial charge in [0.2, 0.25) is 5.91 Å². The van der Waals surface area contributed by atoms with Crippen LogP contribution in [0.1, 0.15) is 12.8 Å². The molecule has 0 aromatic heterocycles. The molecule has 0 aromatic carbocycles. The monoisotopic (exact) mass is 256 g/mol. The summed E-state index contributed by atoms with van der Waals surface area (Å²) >= 11 is 0. The molecule has 0 saturated carbocycles. The molecule has 102 valence electrons. The van der Waals surface area contributed by atoms with Crippen LogP contribution in [-0.2, 0) is 19.0 Å². The molecule has 1 rings (SSSR count). The van der Waals surface area contributed by atoms with Crippen LogP contribution in [0.2, 0.25) is 0 Å². The van der Waals surface area contributed by atoms with E-state index in [-0.39, 0.29) is 5.91 Å². The van der Waals surface area contributed by atoms with Crippen molar-refractivity contribution < 1.29 is 19.0 Å². The molecule has 1 fully saturated rings. The van der Waals surface area contributed by atoms with Gasteiger partial charge < -0.3 is 19.5 Å². The highest BCUT2D eigenvalue weighted by Gasteiger charge is 2.40. The molecule has 0 unspecified atom stereocenters. The maximum absolute atomic E-state index is 12.0. The van der Waals surface area contributed by atoms with Gasteiger partial charge in [0.15, 0.2) is 0 Å². The van der Waals surface area contributed by atoms with Gasteiger partial charge >= 0.3 is 0 Å². The van der Waals surface area contributed by atoms with E-state index in [4.69, 9.17) is 14.2 Å². The molecule has 1 heterocycles. The second-order valence-corrected chi connectivity index (χ2v) is 4.17. The van der Waals surface area contributed by atoms with E-state index in [1.165, 1.54) is 0 Å². The second-order valence-electron chi connectivity index (χ2n) is 4.17. The Morgan fingerprint density at radius 2 is 2.11 bits per heavy atom. The Kier molecular flexibility index (Phi) is 6.65. The van der Waals surface area contributed by atoms with Crippen molar-refractivity contribution >= 4 is 5.91 Å². The highest BCUT2D eigenvalue weighted by atomic mass is 16.5. The van der Waals surface area contributed by atoms with Gasteiger partial charge in [-0.3, -0.25) is 4.79 Å². The number of hydrogen-bond acceptors (Lipinski definition) is 5. The Morgan fingerprint density at radius 1 is 1.39 bits per heavy atom. The fourth-order valence-corrected chi connectivity index (χ4v) is 1.76. The molecular weight excluding hydrogens is 236 g/mol. The predicted octanol–water partition coefficient (Wildman–Crippen LogP) is 0.0860. The summed E-state index contributed by atoms with van der Waals surface area (Å²) in [6, 6.07) is 2.13. The van der Waals surface area contributed by atoms with E-state index < -0.39 is 5.41 Å². The third kappa shape index (κ3) is 4.26. The number of rotatable bonds is 7. The number of carbonyl (C=O) groups excluding carboxylic acids is 1. The van der Waals surface area contributed by atoms with Crippen molar-refractivity contribution in [2.75, 3.05) is 46.7 Å². The van der Waals surface area contributed by atoms with E-state index >= 15 is 0 Å². The quantitative estimate of drug-likeness (QED) is 0.653. The zero-order valence-electron chi connectivity index (χ0n) is 10.7. The van der Waals surface area contributed by atoms with Crippen molar-refractivity contribution in [3.05, 3.63) is 0 Å². The maximum Gasteiger partial charge on any atom is 0.240 e. The molecule has 0 spiro atoms. The van der Waals surface area contributed by atoms with Crippen molar-refractivity contribution in [3.63, 3.8) is 0 Å². The lowest BCUT2D eigenvalue weighted by Gasteiger charge is -2.29. The molecule has 1 aliphatic heterocycles. The number of nitrogens with one attached hydrogen (secondary N) is 1. The number of nitrogens with zero attached hydrogens (tertiary/aromatic N) is 1. The van der Waals surface area contributed by atoms with Crippen LogP contribution in [0.15, 0.2) is 0 Å². The SMILES string of the molecule is COCCOCCNC(=O)C1(C#N)CCOCC1. The minimum Gasteiger partial charge on any atom is -0.382 e. The highest BCUT2D eigenvalue weighted by Crippen LogP contribution is 2.29. The van der Waals surface area contributed by atoms with Crippen LogP contribution in [0.4, 0.5) is 0 Å². The minimum absolute atomic E-state index is 0.219. The summed E-state index contributed by atoms with van der Waals surface area (Å²) in [5.74, 6) is -0.219. The summed E-state index contributed by atoms with van der Waals surface area (Å²) in [5.41, 5.74) is -0.926. The molecule has 18 heavy (non-hydrogen) atoms. The van der Waals surface area contributed by atoms with Crippen LogP contribution in [0.3, 0.4) is 0 Å². The van der Waals surface area contributed by atoms with Gasteiger partial charge in [0.25, 0.3) is 0 Å². The van der Waals surface area contributed by atoms with Crippen molar-refractivity contribution in [1.29, 1.82) is 5.26 Å². The lowest BCUT2D eigenvalue weighted by atomic mass is 9.81. The second kappa shape index (κ2) is 8.03. The van der Waals surface area contributed by atoms with Gasteiger partial charge in [-0.05, 0) is 12.8 Å². The lowest BCUT2D eigenvalue weighted by Crippen LogP contribution is -2.44. The van der Waals surface area contributed by atoms with E-state index in [1.807, 2.05) is 0 Å². The standard InChI is InChI=1S/C12H20N2O4/c1-16-8-9-18-7-4-14-11(15)12(10-13)2-5-17-6-3-12/h2-9H2,1H3,(H,14,15). The third-order valence-electron chi connectivity index (χ3n) is 2.96. The number of carbonyl (C=O) groups is 1. The largest absolute Gasteiger partial charge is 0.382 e. The fourth-order valence-electron chi connectivity index (χ4n) is 1.76. The third-order valence-corrected chi connectivity index (χ3v) is 2.96. The van der Waals surface area contributed by atoms with Gasteiger partial charge in [0.1, 0.15) is 5.41 Å². The Balaban J connectivity index is 2.24. The van der Waals surface area contributed by atoms with Gasteiger partial charge in [-0.15, -0.1) is 0 Å². The Bertz CT molecular complexity index is 295. The Labute approximate surface area is 107 Å². The molecule has 1 saturated heterocycles. The topological polar surface area (TPSA) is 80.6 Å². The van der Waals surface area contributed by atoms with E-state index in [1.54, 1.807) is 7.11 Å². The summed E-state index contributed by atoms with van der Waals surface area (Å²) in [7, 11) is 1.60. The highest BCUT2D eigenvalue weighted by molar-refractivity contribution is 5.85. The van der Waals surface area contributed by atoms with Crippen LogP contribution >= 0.6 is 0 Å². The van der Waals surface area contributed by atoms with E-state index in [0.717, 1.165) is 0 Å². The first kappa shape index (κ1) is 14.9. The summed E-state index contributed by atoms with van der Waals surface area (Å²) < 4.78 is 15.2. The zero-order valence-corrected chi connectivity index (χ0v) is 10.7. The van der Waals surface area contributed by atoms with Crippen LogP contribution in [0.25, 0.3) is 0 Å². The van der Waals surface area contributed by atoms with E-state index in [0.29, 0.717) is 52.4 Å². The van der Waals surface area contributed by atoms with Crippen molar-refractivity contribution in [1.82, 2.24) is 5.32 Å². The fraction of sp³-hybridized carbons (Fsp3) is 0.833. The number of methoxy groups -OCH3 is 1. The molecule has 0 bridgehead atoms. The minimum atomic E-state index is -0.926. The molecule has 1 aliphatic rings. The maximum atomic E-state index is 12.0. The number of nitriles is 1. The van der Waals surface area contributed by atoms with Crippen LogP contribution in [-0.4, -0.2) is 52.6 Å². The smallest absolute Gasteiger partial charge is 0.240 e. The molecule has 0 aliphatic carbocycles. The first-order chi connectivity index (χ1) is 8.75. The molecule has 0 aromatic rings. The van der Waals surface area contributed by atoms with Gasteiger partial charge in [-0.25, -0.2) is 0 Å². The first-order valence-corrected chi connectivity index (χ1v) is 6.09. The molecule has 6 nitrogen and oxygen atoms in total. The van der Waals surface area contributed by atoms with Gasteiger partial charge in [-0.2, -0.15) is 5.26 Å². The molecule has 0 radical (unpaired) electrons. The summed E-state index contributed by atoms with van der Waals surface area (Å²) in [6.45, 7) is 2.80. The zero-order chi connectivity index (χ0) is 13.3. The number of amides is 1. The van der Waals surface area contributed by atoms with Crippen LogP contribution < -0.4 is 5.32 Å². The van der Waals surface area contributed by atoms with Gasteiger partial charge in [-0.1, -0.05) is 0 Å². The predicted molar refractivity (Wildman–Crippen MR) is 63.8 cm³/mol. The summed E-state index contributed by atoms with van der Waals surface area (Å²) in [4.78, 5) is 12.0. The van der Waals surface area contributed by atoms with Gasteiger partial charge in [0.05, 0.1) is 25.9 Å². The first-order valence-electron chi connectivity index (χ1n) is 6.09. The molecule has 6 heteroatoms. The van der Waals surface area contributed by atoms with Crippen molar-refractivity contribution in [3.8, 4) is 6.07 Å². The van der Waals surface area contributed by atoms with Crippen LogP contribution in [0.5, 0.6) is 0 Å². The lowest BCUT2D eigenvalue weighted by molar-refractivity contribution is -0.132. The van der Waals surface area contributed by atoms with E-state index in [9.17, 15) is 10.1 Å². The van der Waals surface area contributed by atoms with Gasteiger partial charge in [0, 0.05) is 26.9 Å². The normalized spacial score (nSPS) is 18.0. The van der Waals surface area contributed by atoms with E-state index in [2.05, 4.69) is 11.4 Å². The molecular formula is C12H20N2O4.